The first kappa shape index (κ1) is 20.5. The highest BCUT2D eigenvalue weighted by atomic mass is 16.1. The molecule has 170 valence electrons. The van der Waals surface area contributed by atoms with Gasteiger partial charge in [0.1, 0.15) is 17.8 Å². The SMILES string of the molecule is Cc1c[nH]c2ncnc(N3CCC(C(=O)Nc4cccc(-c5cc6ccccc6[nH]5)c4)CC3)c12. The number of amides is 1. The van der Waals surface area contributed by atoms with Crippen LogP contribution in [0.5, 0.6) is 0 Å². The molecule has 0 bridgehead atoms. The minimum atomic E-state index is -0.0161. The monoisotopic (exact) mass is 450 g/mol. The third-order valence-electron chi connectivity index (χ3n) is 6.78. The Hall–Kier alpha value is -4.13. The molecule has 7 nitrogen and oxygen atoms in total. The third kappa shape index (κ3) is 3.69. The molecule has 0 saturated carbocycles. The van der Waals surface area contributed by atoms with Crippen molar-refractivity contribution in [3.63, 3.8) is 0 Å². The Bertz CT molecular complexity index is 1460. The second kappa shape index (κ2) is 8.33. The Morgan fingerprint density at radius 2 is 1.91 bits per heavy atom. The molecule has 0 atom stereocenters. The number of aromatic amines is 2. The zero-order valence-electron chi connectivity index (χ0n) is 19.0. The van der Waals surface area contributed by atoms with Gasteiger partial charge in [-0.3, -0.25) is 4.79 Å². The van der Waals surface area contributed by atoms with E-state index in [1.165, 1.54) is 5.39 Å². The van der Waals surface area contributed by atoms with Crippen LogP contribution in [0, 0.1) is 12.8 Å². The fourth-order valence-corrected chi connectivity index (χ4v) is 4.93. The molecule has 0 unspecified atom stereocenters. The summed E-state index contributed by atoms with van der Waals surface area (Å²) in [7, 11) is 0. The minimum absolute atomic E-state index is 0.0161. The number of aromatic nitrogens is 4. The van der Waals surface area contributed by atoms with Gasteiger partial charge < -0.3 is 20.2 Å². The second-order valence-corrected chi connectivity index (χ2v) is 8.99. The molecule has 1 fully saturated rings. The zero-order valence-corrected chi connectivity index (χ0v) is 19.0. The van der Waals surface area contributed by atoms with Gasteiger partial charge in [0.2, 0.25) is 5.91 Å². The van der Waals surface area contributed by atoms with Crippen LogP contribution < -0.4 is 10.2 Å². The molecule has 34 heavy (non-hydrogen) atoms. The summed E-state index contributed by atoms with van der Waals surface area (Å²) < 4.78 is 0. The van der Waals surface area contributed by atoms with Gasteiger partial charge >= 0.3 is 0 Å². The van der Waals surface area contributed by atoms with Gasteiger partial charge in [0.05, 0.1) is 5.39 Å². The van der Waals surface area contributed by atoms with E-state index in [0.29, 0.717) is 0 Å². The standard InChI is InChI=1S/C27H26N6O/c1-17-15-28-25-24(17)26(30-16-29-25)33-11-9-18(10-12-33)27(34)31-21-7-4-6-19(13-21)23-14-20-5-2-3-8-22(20)32-23/h2-8,13-16,18,32H,9-12H2,1H3,(H,31,34)(H,28,29,30). The highest BCUT2D eigenvalue weighted by molar-refractivity contribution is 5.94. The van der Waals surface area contributed by atoms with E-state index in [2.05, 4.69) is 61.3 Å². The Labute approximate surface area is 197 Å². The number of H-pyrrole nitrogens is 2. The van der Waals surface area contributed by atoms with Crippen molar-refractivity contribution in [3.05, 3.63) is 72.7 Å². The van der Waals surface area contributed by atoms with Crippen molar-refractivity contribution in [1.29, 1.82) is 0 Å². The molecule has 3 aromatic heterocycles. The number of rotatable bonds is 4. The summed E-state index contributed by atoms with van der Waals surface area (Å²) in [6.45, 7) is 3.66. The molecule has 1 aliphatic rings. The first-order chi connectivity index (χ1) is 16.7. The summed E-state index contributed by atoms with van der Waals surface area (Å²) in [5, 5.41) is 5.39. The fourth-order valence-electron chi connectivity index (χ4n) is 4.93. The normalized spacial score (nSPS) is 14.7. The number of piperidine rings is 1. The van der Waals surface area contributed by atoms with Crippen molar-refractivity contribution in [2.24, 2.45) is 5.92 Å². The van der Waals surface area contributed by atoms with E-state index in [0.717, 1.165) is 70.8 Å². The molecule has 4 heterocycles. The van der Waals surface area contributed by atoms with Gasteiger partial charge in [-0.1, -0.05) is 30.3 Å². The van der Waals surface area contributed by atoms with E-state index < -0.39 is 0 Å². The number of nitrogens with zero attached hydrogens (tertiary/aromatic N) is 3. The van der Waals surface area contributed by atoms with E-state index in [1.54, 1.807) is 6.33 Å². The molecule has 1 aliphatic heterocycles. The highest BCUT2D eigenvalue weighted by Crippen LogP contribution is 2.30. The molecule has 3 N–H and O–H groups in total. The van der Waals surface area contributed by atoms with Crippen LogP contribution in [0.15, 0.2) is 67.1 Å². The van der Waals surface area contributed by atoms with Crippen LogP contribution in [0.25, 0.3) is 33.2 Å². The van der Waals surface area contributed by atoms with Crippen LogP contribution in [-0.4, -0.2) is 38.9 Å². The van der Waals surface area contributed by atoms with Gasteiger partial charge in [0.15, 0.2) is 0 Å². The van der Waals surface area contributed by atoms with Crippen LogP contribution in [-0.2, 0) is 4.79 Å². The molecule has 1 amide bonds. The highest BCUT2D eigenvalue weighted by Gasteiger charge is 2.27. The number of benzene rings is 2. The van der Waals surface area contributed by atoms with Crippen LogP contribution >= 0.6 is 0 Å². The van der Waals surface area contributed by atoms with Gasteiger partial charge in [-0.25, -0.2) is 9.97 Å². The smallest absolute Gasteiger partial charge is 0.227 e. The number of hydrogen-bond donors (Lipinski definition) is 3. The van der Waals surface area contributed by atoms with Crippen LogP contribution in [0.4, 0.5) is 11.5 Å². The molecule has 5 aromatic rings. The zero-order chi connectivity index (χ0) is 23.1. The van der Waals surface area contributed by atoms with Crippen molar-refractivity contribution < 1.29 is 4.79 Å². The van der Waals surface area contributed by atoms with Crippen molar-refractivity contribution in [2.45, 2.75) is 19.8 Å². The number of carbonyl (C=O) groups excluding carboxylic acids is 1. The summed E-state index contributed by atoms with van der Waals surface area (Å²) in [4.78, 5) is 30.9. The van der Waals surface area contributed by atoms with E-state index >= 15 is 0 Å². The molecule has 6 rings (SSSR count). The maximum atomic E-state index is 13.1. The third-order valence-corrected chi connectivity index (χ3v) is 6.78. The summed E-state index contributed by atoms with van der Waals surface area (Å²) in [5.41, 5.74) is 6.02. The van der Waals surface area contributed by atoms with E-state index in [9.17, 15) is 4.79 Å². The average molecular weight is 451 g/mol. The quantitative estimate of drug-likeness (QED) is 0.348. The number of aryl methyl sites for hydroxylation is 1. The lowest BCUT2D eigenvalue weighted by atomic mass is 9.95. The van der Waals surface area contributed by atoms with Crippen molar-refractivity contribution in [3.8, 4) is 11.3 Å². The first-order valence-corrected chi connectivity index (χ1v) is 11.7. The van der Waals surface area contributed by atoms with Crippen LogP contribution in [0.1, 0.15) is 18.4 Å². The van der Waals surface area contributed by atoms with E-state index in [-0.39, 0.29) is 11.8 Å². The van der Waals surface area contributed by atoms with E-state index in [4.69, 9.17) is 0 Å². The second-order valence-electron chi connectivity index (χ2n) is 8.99. The number of para-hydroxylation sites is 1. The van der Waals surface area contributed by atoms with Gasteiger partial charge in [-0.05, 0) is 49.6 Å². The summed E-state index contributed by atoms with van der Waals surface area (Å²) in [6, 6.07) is 18.4. The van der Waals surface area contributed by atoms with Crippen molar-refractivity contribution in [2.75, 3.05) is 23.3 Å². The Balaban J connectivity index is 1.14. The van der Waals surface area contributed by atoms with Crippen LogP contribution in [0.3, 0.4) is 0 Å². The number of carbonyl (C=O) groups is 1. The topological polar surface area (TPSA) is 89.7 Å². The number of anilines is 2. The summed E-state index contributed by atoms with van der Waals surface area (Å²) in [6.07, 6.45) is 5.16. The van der Waals surface area contributed by atoms with Gasteiger partial charge in [-0.2, -0.15) is 0 Å². The maximum Gasteiger partial charge on any atom is 0.227 e. The Morgan fingerprint density at radius 3 is 2.76 bits per heavy atom. The van der Waals surface area contributed by atoms with Crippen molar-refractivity contribution >= 4 is 39.3 Å². The average Bonchev–Trinajstić information content (AvgIpc) is 3.48. The van der Waals surface area contributed by atoms with E-state index in [1.807, 2.05) is 36.5 Å². The number of fused-ring (bicyclic) bond motifs is 2. The Morgan fingerprint density at radius 1 is 1.06 bits per heavy atom. The molecule has 0 spiro atoms. The molecule has 0 aliphatic carbocycles. The lowest BCUT2D eigenvalue weighted by Gasteiger charge is -2.32. The molecule has 1 saturated heterocycles. The van der Waals surface area contributed by atoms with Gasteiger partial charge in [0, 0.05) is 53.1 Å². The summed E-state index contributed by atoms with van der Waals surface area (Å²) >= 11 is 0. The lowest BCUT2D eigenvalue weighted by Crippen LogP contribution is -2.38. The summed E-state index contributed by atoms with van der Waals surface area (Å²) in [5.74, 6) is 1.02. The molecular formula is C27H26N6O. The molecule has 0 radical (unpaired) electrons. The molecule has 7 heteroatoms. The predicted molar refractivity (Wildman–Crippen MR) is 136 cm³/mol. The molecule has 2 aromatic carbocycles. The lowest BCUT2D eigenvalue weighted by molar-refractivity contribution is -0.120. The number of nitrogens with one attached hydrogen (secondary N) is 3. The minimum Gasteiger partial charge on any atom is -0.356 e. The maximum absolute atomic E-state index is 13.1. The van der Waals surface area contributed by atoms with Gasteiger partial charge in [-0.15, -0.1) is 0 Å². The molecular weight excluding hydrogens is 424 g/mol. The fraction of sp³-hybridized carbons (Fsp3) is 0.222. The van der Waals surface area contributed by atoms with Gasteiger partial charge in [0.25, 0.3) is 0 Å². The predicted octanol–water partition coefficient (Wildman–Crippen LogP) is 5.27. The number of hydrogen-bond acceptors (Lipinski definition) is 4. The van der Waals surface area contributed by atoms with Crippen LogP contribution in [0.2, 0.25) is 0 Å². The largest absolute Gasteiger partial charge is 0.356 e. The Kier molecular flexibility index (Phi) is 5.02. The first-order valence-electron chi connectivity index (χ1n) is 11.7. The van der Waals surface area contributed by atoms with Crippen molar-refractivity contribution in [1.82, 2.24) is 19.9 Å².